The zero-order chi connectivity index (χ0) is 11.2. The summed E-state index contributed by atoms with van der Waals surface area (Å²) >= 11 is 9.13. The third-order valence-electron chi connectivity index (χ3n) is 2.97. The smallest absolute Gasteiger partial charge is 0.140 e. The van der Waals surface area contributed by atoms with Crippen LogP contribution >= 0.6 is 27.5 Å². The number of halogens is 2. The number of rotatable bonds is 2. The maximum Gasteiger partial charge on any atom is 0.140 e. The molecule has 15 heavy (non-hydrogen) atoms. The van der Waals surface area contributed by atoms with Crippen molar-refractivity contribution in [2.24, 2.45) is 0 Å². The van der Waals surface area contributed by atoms with Crippen LogP contribution in [-0.4, -0.2) is 10.9 Å². The molecule has 1 aromatic carbocycles. The molecule has 0 heterocycles. The van der Waals surface area contributed by atoms with E-state index in [1.807, 2.05) is 0 Å². The lowest BCUT2D eigenvalue weighted by Crippen LogP contribution is -2.17. The van der Waals surface area contributed by atoms with Gasteiger partial charge >= 0.3 is 0 Å². The van der Waals surface area contributed by atoms with Gasteiger partial charge in [-0.25, -0.2) is 0 Å². The van der Waals surface area contributed by atoms with Crippen LogP contribution in [-0.2, 0) is 10.2 Å². The molecule has 0 amide bonds. The fourth-order valence-corrected chi connectivity index (χ4v) is 2.68. The topological polar surface area (TPSA) is 37.3 Å². The number of hydrogen-bond donors (Lipinski definition) is 1. The van der Waals surface area contributed by atoms with E-state index in [-0.39, 0.29) is 11.5 Å². The Hall–Kier alpha value is -0.540. The van der Waals surface area contributed by atoms with Gasteiger partial charge in [-0.3, -0.25) is 4.79 Å². The van der Waals surface area contributed by atoms with Crippen LogP contribution in [0, 0.1) is 0 Å². The van der Waals surface area contributed by atoms with Gasteiger partial charge in [0.1, 0.15) is 11.5 Å². The van der Waals surface area contributed by atoms with Gasteiger partial charge < -0.3 is 5.11 Å². The highest BCUT2D eigenvalue weighted by Crippen LogP contribution is 2.53. The molecule has 1 aliphatic rings. The maximum atomic E-state index is 11.5. The van der Waals surface area contributed by atoms with E-state index in [9.17, 15) is 9.90 Å². The van der Waals surface area contributed by atoms with Crippen molar-refractivity contribution >= 4 is 33.3 Å². The number of ketones is 1. The number of hydrogen-bond acceptors (Lipinski definition) is 2. The van der Waals surface area contributed by atoms with E-state index in [0.29, 0.717) is 15.1 Å². The normalized spacial score (nSPS) is 17.5. The number of carbonyl (C=O) groups is 1. The van der Waals surface area contributed by atoms with E-state index < -0.39 is 5.41 Å². The second-order valence-electron chi connectivity index (χ2n) is 3.92. The Bertz CT molecular complexity index is 438. The number of Topliss-reactive ketones (excluding diaryl/α,β-unsaturated/α-hetero) is 1. The Morgan fingerprint density at radius 1 is 1.53 bits per heavy atom. The molecule has 0 radical (unpaired) electrons. The van der Waals surface area contributed by atoms with Crippen molar-refractivity contribution in [3.63, 3.8) is 0 Å². The highest BCUT2D eigenvalue weighted by molar-refractivity contribution is 9.10. The van der Waals surface area contributed by atoms with Gasteiger partial charge in [0.2, 0.25) is 0 Å². The molecule has 0 saturated heterocycles. The third kappa shape index (κ3) is 1.68. The lowest BCUT2D eigenvalue weighted by Gasteiger charge is -2.15. The molecular formula is C11H10BrClO2. The first-order valence-electron chi connectivity index (χ1n) is 4.67. The van der Waals surface area contributed by atoms with Crippen molar-refractivity contribution in [2.75, 3.05) is 0 Å². The number of aromatic hydroxyl groups is 1. The van der Waals surface area contributed by atoms with E-state index >= 15 is 0 Å². The maximum absolute atomic E-state index is 11.5. The van der Waals surface area contributed by atoms with Gasteiger partial charge in [-0.2, -0.15) is 0 Å². The minimum absolute atomic E-state index is 0.0898. The van der Waals surface area contributed by atoms with Gasteiger partial charge in [-0.15, -0.1) is 0 Å². The van der Waals surface area contributed by atoms with Crippen LogP contribution in [0.1, 0.15) is 25.3 Å². The van der Waals surface area contributed by atoms with Crippen LogP contribution in [0.2, 0.25) is 5.02 Å². The van der Waals surface area contributed by atoms with Gasteiger partial charge in [-0.1, -0.05) is 11.6 Å². The SMILES string of the molecule is CC(=O)C1(c2cc(Cl)cc(Br)c2O)CC1. The molecule has 2 nitrogen and oxygen atoms in total. The quantitative estimate of drug-likeness (QED) is 0.905. The first-order chi connectivity index (χ1) is 6.97. The molecule has 0 aromatic heterocycles. The fraction of sp³-hybridized carbons (Fsp3) is 0.364. The second-order valence-corrected chi connectivity index (χ2v) is 5.21. The average molecular weight is 290 g/mol. The summed E-state index contributed by atoms with van der Waals surface area (Å²) in [4.78, 5) is 11.5. The van der Waals surface area contributed by atoms with Crippen LogP contribution in [0.5, 0.6) is 5.75 Å². The molecule has 4 heteroatoms. The molecule has 0 bridgehead atoms. The van der Waals surface area contributed by atoms with Crippen molar-refractivity contribution in [2.45, 2.75) is 25.2 Å². The Morgan fingerprint density at radius 2 is 2.13 bits per heavy atom. The van der Waals surface area contributed by atoms with Crippen LogP contribution in [0.25, 0.3) is 0 Å². The highest BCUT2D eigenvalue weighted by atomic mass is 79.9. The molecular weight excluding hydrogens is 279 g/mol. The first kappa shape index (κ1) is 11.0. The summed E-state index contributed by atoms with van der Waals surface area (Å²) in [6.45, 7) is 1.56. The van der Waals surface area contributed by atoms with Crippen LogP contribution in [0.3, 0.4) is 0 Å². The molecule has 80 valence electrons. The number of phenolic OH excluding ortho intramolecular Hbond substituents is 1. The van der Waals surface area contributed by atoms with Crippen molar-refractivity contribution in [3.05, 3.63) is 27.2 Å². The van der Waals surface area contributed by atoms with E-state index in [1.165, 1.54) is 0 Å². The zero-order valence-corrected chi connectivity index (χ0v) is 10.5. The number of carbonyl (C=O) groups excluding carboxylic acids is 1. The van der Waals surface area contributed by atoms with Crippen molar-refractivity contribution < 1.29 is 9.90 Å². The Labute approximate surface area is 101 Å². The summed E-state index contributed by atoms with van der Waals surface area (Å²) in [5.41, 5.74) is 0.159. The minimum atomic E-state index is -0.489. The van der Waals surface area contributed by atoms with E-state index in [2.05, 4.69) is 15.9 Å². The number of benzene rings is 1. The Morgan fingerprint density at radius 3 is 2.60 bits per heavy atom. The summed E-state index contributed by atoms with van der Waals surface area (Å²) in [6.07, 6.45) is 1.59. The van der Waals surface area contributed by atoms with Gasteiger partial charge in [0, 0.05) is 10.6 Å². The van der Waals surface area contributed by atoms with Crippen LogP contribution in [0.15, 0.2) is 16.6 Å². The van der Waals surface area contributed by atoms with Gasteiger partial charge in [0.05, 0.1) is 9.89 Å². The van der Waals surface area contributed by atoms with E-state index in [4.69, 9.17) is 11.6 Å². The fourth-order valence-electron chi connectivity index (χ4n) is 1.87. The zero-order valence-electron chi connectivity index (χ0n) is 8.18. The third-order valence-corrected chi connectivity index (χ3v) is 3.79. The number of phenols is 1. The minimum Gasteiger partial charge on any atom is -0.506 e. The Balaban J connectivity index is 2.58. The summed E-state index contributed by atoms with van der Waals surface area (Å²) < 4.78 is 0.539. The van der Waals surface area contributed by atoms with Crippen molar-refractivity contribution in [1.29, 1.82) is 0 Å². The predicted molar refractivity (Wildman–Crippen MR) is 62.4 cm³/mol. The van der Waals surface area contributed by atoms with Crippen molar-refractivity contribution in [3.8, 4) is 5.75 Å². The summed E-state index contributed by atoms with van der Waals surface area (Å²) in [7, 11) is 0. The van der Waals surface area contributed by atoms with Crippen LogP contribution < -0.4 is 0 Å². The molecule has 0 atom stereocenters. The van der Waals surface area contributed by atoms with Gasteiger partial charge in [0.15, 0.2) is 0 Å². The molecule has 1 aromatic rings. The van der Waals surface area contributed by atoms with E-state index in [0.717, 1.165) is 12.8 Å². The molecule has 1 N–H and O–H groups in total. The molecule has 0 spiro atoms. The lowest BCUT2D eigenvalue weighted by molar-refractivity contribution is -0.119. The molecule has 0 aliphatic heterocycles. The first-order valence-corrected chi connectivity index (χ1v) is 5.84. The average Bonchev–Trinajstić information content (AvgIpc) is 2.91. The molecule has 0 unspecified atom stereocenters. The van der Waals surface area contributed by atoms with Crippen LogP contribution in [0.4, 0.5) is 0 Å². The monoisotopic (exact) mass is 288 g/mol. The van der Waals surface area contributed by atoms with E-state index in [1.54, 1.807) is 19.1 Å². The Kier molecular flexibility index (Phi) is 2.55. The summed E-state index contributed by atoms with van der Waals surface area (Å²) in [5, 5.41) is 10.4. The standard InChI is InChI=1S/C11H10BrClO2/c1-6(14)11(2-3-11)8-4-7(13)5-9(12)10(8)15/h4-5,15H,2-3H2,1H3. The largest absolute Gasteiger partial charge is 0.506 e. The molecule has 2 rings (SSSR count). The second kappa shape index (κ2) is 3.49. The molecule has 1 aliphatic carbocycles. The summed E-state index contributed by atoms with van der Waals surface area (Å²) in [6, 6.07) is 3.30. The molecule has 1 saturated carbocycles. The van der Waals surface area contributed by atoms with Gasteiger partial charge in [0.25, 0.3) is 0 Å². The summed E-state index contributed by atoms with van der Waals surface area (Å²) in [5.74, 6) is 0.221. The lowest BCUT2D eigenvalue weighted by atomic mass is 9.91. The highest BCUT2D eigenvalue weighted by Gasteiger charge is 2.50. The molecule has 1 fully saturated rings. The van der Waals surface area contributed by atoms with Gasteiger partial charge in [-0.05, 0) is 47.8 Å². The van der Waals surface area contributed by atoms with Crippen molar-refractivity contribution in [1.82, 2.24) is 0 Å². The predicted octanol–water partition coefficient (Wildman–Crippen LogP) is 3.43.